The summed E-state index contributed by atoms with van der Waals surface area (Å²) in [7, 11) is -3.59. The summed E-state index contributed by atoms with van der Waals surface area (Å²) in [5.41, 5.74) is -0.397. The van der Waals surface area contributed by atoms with E-state index in [0.717, 1.165) is 0 Å². The molecule has 0 saturated heterocycles. The van der Waals surface area contributed by atoms with Crippen LogP contribution in [0.15, 0.2) is 27.6 Å². The van der Waals surface area contributed by atoms with Gasteiger partial charge in [-0.15, -0.1) is 0 Å². The highest BCUT2D eigenvalue weighted by Crippen LogP contribution is 2.31. The molecule has 1 aromatic carbocycles. The minimum atomic E-state index is -3.59. The molecule has 0 N–H and O–H groups in total. The smallest absolute Gasteiger partial charge is 0.258 e. The van der Waals surface area contributed by atoms with E-state index in [1.165, 1.54) is 25.1 Å². The highest BCUT2D eigenvalue weighted by atomic mass is 79.9. The van der Waals surface area contributed by atoms with E-state index in [0.29, 0.717) is 0 Å². The Kier molecular flexibility index (Phi) is 3.46. The molecule has 0 unspecified atom stereocenters. The number of hydrogen-bond donors (Lipinski definition) is 0. The average Bonchev–Trinajstić information content (AvgIpc) is 2.17. The average molecular weight is 294 g/mol. The van der Waals surface area contributed by atoms with Crippen LogP contribution >= 0.6 is 15.9 Å². The van der Waals surface area contributed by atoms with Crippen LogP contribution in [0.4, 0.5) is 5.69 Å². The number of halogens is 1. The van der Waals surface area contributed by atoms with Crippen molar-refractivity contribution in [2.45, 2.75) is 11.8 Å². The minimum Gasteiger partial charge on any atom is -0.258 e. The van der Waals surface area contributed by atoms with Gasteiger partial charge in [0.15, 0.2) is 14.7 Å². The molecule has 0 saturated carbocycles. The zero-order chi connectivity index (χ0) is 11.6. The quantitative estimate of drug-likeness (QED) is 0.632. The van der Waals surface area contributed by atoms with E-state index in [2.05, 4.69) is 15.9 Å². The first kappa shape index (κ1) is 12.1. The molecule has 0 heterocycles. The van der Waals surface area contributed by atoms with Gasteiger partial charge in [0.2, 0.25) is 0 Å². The van der Waals surface area contributed by atoms with E-state index >= 15 is 0 Å². The number of nitrogens with zero attached hydrogens (tertiary/aromatic N) is 1. The second kappa shape index (κ2) is 4.28. The first-order valence-electron chi connectivity index (χ1n) is 4.05. The van der Waals surface area contributed by atoms with Crippen LogP contribution in [0, 0.1) is 10.1 Å². The van der Waals surface area contributed by atoms with Gasteiger partial charge >= 0.3 is 0 Å². The Labute approximate surface area is 95.3 Å². The van der Waals surface area contributed by atoms with Gasteiger partial charge in [-0.2, -0.15) is 0 Å². The van der Waals surface area contributed by atoms with E-state index in [9.17, 15) is 18.5 Å². The third kappa shape index (κ3) is 2.35. The van der Waals surface area contributed by atoms with Crippen LogP contribution in [0.5, 0.6) is 0 Å². The standard InChI is InChI=1S/C8H8BrNO4S/c1-2-15(13,14)8-6(9)4-3-5-7(8)10(11)12/h3-5H,2H2,1H3. The van der Waals surface area contributed by atoms with Gasteiger partial charge in [0, 0.05) is 10.5 Å². The topological polar surface area (TPSA) is 77.3 Å². The van der Waals surface area contributed by atoms with Gasteiger partial charge in [-0.05, 0) is 22.0 Å². The molecule has 0 aromatic heterocycles. The van der Waals surface area contributed by atoms with Crippen molar-refractivity contribution in [1.82, 2.24) is 0 Å². The highest BCUT2D eigenvalue weighted by molar-refractivity contribution is 9.10. The largest absolute Gasteiger partial charge is 0.289 e. The fourth-order valence-corrected chi connectivity index (χ4v) is 3.30. The molecule has 1 aromatic rings. The van der Waals surface area contributed by atoms with E-state index in [1.54, 1.807) is 0 Å². The molecule has 0 fully saturated rings. The summed E-state index contributed by atoms with van der Waals surface area (Å²) in [6, 6.07) is 4.07. The van der Waals surface area contributed by atoms with Gasteiger partial charge in [0.1, 0.15) is 0 Å². The molecule has 0 radical (unpaired) electrons. The van der Waals surface area contributed by atoms with Crippen LogP contribution in [0.3, 0.4) is 0 Å². The highest BCUT2D eigenvalue weighted by Gasteiger charge is 2.26. The number of sulfone groups is 1. The molecule has 0 amide bonds. The number of hydrogen-bond acceptors (Lipinski definition) is 4. The van der Waals surface area contributed by atoms with Crippen molar-refractivity contribution < 1.29 is 13.3 Å². The number of benzene rings is 1. The van der Waals surface area contributed by atoms with Crippen LogP contribution in [-0.4, -0.2) is 19.1 Å². The molecule has 82 valence electrons. The van der Waals surface area contributed by atoms with Gasteiger partial charge in [-0.1, -0.05) is 13.0 Å². The summed E-state index contributed by atoms with van der Waals surface area (Å²) in [5, 5.41) is 10.7. The first-order valence-corrected chi connectivity index (χ1v) is 6.50. The lowest BCUT2D eigenvalue weighted by Crippen LogP contribution is -2.08. The SMILES string of the molecule is CCS(=O)(=O)c1c(Br)cccc1[N+](=O)[O-]. The molecule has 15 heavy (non-hydrogen) atoms. The zero-order valence-corrected chi connectivity index (χ0v) is 10.2. The van der Waals surface area contributed by atoms with Crippen LogP contribution < -0.4 is 0 Å². The summed E-state index contributed by atoms with van der Waals surface area (Å²) in [6.07, 6.45) is 0. The Hall–Kier alpha value is -0.950. The Morgan fingerprint density at radius 1 is 1.47 bits per heavy atom. The summed E-state index contributed by atoms with van der Waals surface area (Å²) in [6.45, 7) is 1.44. The predicted molar refractivity (Wildman–Crippen MR) is 58.5 cm³/mol. The summed E-state index contributed by atoms with van der Waals surface area (Å²) >= 11 is 3.01. The second-order valence-corrected chi connectivity index (χ2v) is 5.82. The lowest BCUT2D eigenvalue weighted by Gasteiger charge is -2.04. The third-order valence-electron chi connectivity index (χ3n) is 1.83. The van der Waals surface area contributed by atoms with Crippen molar-refractivity contribution in [3.05, 3.63) is 32.8 Å². The molecular weight excluding hydrogens is 286 g/mol. The fourth-order valence-electron chi connectivity index (χ4n) is 1.09. The molecule has 0 aliphatic rings. The molecule has 0 aliphatic heterocycles. The predicted octanol–water partition coefficient (Wildman–Crippen LogP) is 2.15. The lowest BCUT2D eigenvalue weighted by atomic mass is 10.3. The molecule has 5 nitrogen and oxygen atoms in total. The van der Waals surface area contributed by atoms with Crippen molar-refractivity contribution in [2.75, 3.05) is 5.75 Å². The van der Waals surface area contributed by atoms with Crippen LogP contribution in [0.2, 0.25) is 0 Å². The van der Waals surface area contributed by atoms with Gasteiger partial charge in [-0.3, -0.25) is 10.1 Å². The Morgan fingerprint density at radius 2 is 2.07 bits per heavy atom. The van der Waals surface area contributed by atoms with E-state index < -0.39 is 20.4 Å². The Morgan fingerprint density at radius 3 is 2.53 bits per heavy atom. The van der Waals surface area contributed by atoms with Crippen LogP contribution in [0.25, 0.3) is 0 Å². The maximum absolute atomic E-state index is 11.6. The maximum Gasteiger partial charge on any atom is 0.289 e. The molecule has 0 bridgehead atoms. The number of rotatable bonds is 3. The van der Waals surface area contributed by atoms with E-state index in [1.807, 2.05) is 0 Å². The first-order chi connectivity index (χ1) is 6.90. The zero-order valence-electron chi connectivity index (χ0n) is 7.81. The lowest BCUT2D eigenvalue weighted by molar-refractivity contribution is -0.387. The van der Waals surface area contributed by atoms with Crippen molar-refractivity contribution in [3.8, 4) is 0 Å². The van der Waals surface area contributed by atoms with Crippen LogP contribution in [0.1, 0.15) is 6.92 Å². The van der Waals surface area contributed by atoms with Crippen molar-refractivity contribution in [1.29, 1.82) is 0 Å². The molecular formula is C8H8BrNO4S. The van der Waals surface area contributed by atoms with Crippen LogP contribution in [-0.2, 0) is 9.84 Å². The minimum absolute atomic E-state index is 0.170. The maximum atomic E-state index is 11.6. The molecule has 0 atom stereocenters. The Bertz CT molecular complexity index is 497. The van der Waals surface area contributed by atoms with Crippen molar-refractivity contribution in [2.24, 2.45) is 0 Å². The van der Waals surface area contributed by atoms with Gasteiger partial charge in [-0.25, -0.2) is 8.42 Å². The van der Waals surface area contributed by atoms with Crippen molar-refractivity contribution in [3.63, 3.8) is 0 Å². The monoisotopic (exact) mass is 293 g/mol. The number of nitro groups is 1. The van der Waals surface area contributed by atoms with Gasteiger partial charge in [0.25, 0.3) is 5.69 Å². The second-order valence-electron chi connectivity index (χ2n) is 2.75. The molecule has 0 spiro atoms. The summed E-state index contributed by atoms with van der Waals surface area (Å²) < 4.78 is 23.4. The normalized spacial score (nSPS) is 11.3. The summed E-state index contributed by atoms with van der Waals surface area (Å²) in [5.74, 6) is -0.170. The number of nitro benzene ring substituents is 1. The fraction of sp³-hybridized carbons (Fsp3) is 0.250. The Balaban J connectivity index is 3.59. The summed E-state index contributed by atoms with van der Waals surface area (Å²) in [4.78, 5) is 9.70. The third-order valence-corrected chi connectivity index (χ3v) is 4.57. The van der Waals surface area contributed by atoms with E-state index in [4.69, 9.17) is 0 Å². The van der Waals surface area contributed by atoms with E-state index in [-0.39, 0.29) is 15.1 Å². The molecule has 1 rings (SSSR count). The molecule has 7 heteroatoms. The van der Waals surface area contributed by atoms with Gasteiger partial charge < -0.3 is 0 Å². The van der Waals surface area contributed by atoms with Crippen molar-refractivity contribution >= 4 is 31.5 Å². The van der Waals surface area contributed by atoms with Gasteiger partial charge in [0.05, 0.1) is 10.7 Å². The molecule has 0 aliphatic carbocycles.